The van der Waals surface area contributed by atoms with E-state index < -0.39 is 23.6 Å². The number of rotatable bonds is 8. The molecule has 0 aliphatic carbocycles. The van der Waals surface area contributed by atoms with E-state index in [-0.39, 0.29) is 17.3 Å². The minimum atomic E-state index is -0.563. The molecule has 2 aliphatic rings. The number of imide groups is 1. The zero-order valence-corrected chi connectivity index (χ0v) is 21.8. The summed E-state index contributed by atoms with van der Waals surface area (Å²) in [6, 6.07) is 20.7. The number of carbonyl (C=O) groups is 3. The fourth-order valence-electron chi connectivity index (χ4n) is 4.20. The normalized spacial score (nSPS) is 16.6. The monoisotopic (exact) mass is 547 g/mol. The van der Waals surface area contributed by atoms with Crippen molar-refractivity contribution in [3.8, 4) is 5.75 Å². The van der Waals surface area contributed by atoms with E-state index >= 15 is 0 Å². The van der Waals surface area contributed by atoms with Gasteiger partial charge in [0, 0.05) is 35.6 Å². The minimum Gasteiger partial charge on any atom is -0.488 e. The molecule has 10 heteroatoms. The summed E-state index contributed by atoms with van der Waals surface area (Å²) in [5.41, 5.74) is 2.56. The first-order valence-electron chi connectivity index (χ1n) is 12.4. The minimum absolute atomic E-state index is 0.00655. The number of hydrogen-bond acceptors (Lipinski definition) is 7. The number of para-hydroxylation sites is 1. The Morgan fingerprint density at radius 1 is 1.00 bits per heavy atom. The zero-order chi connectivity index (χ0) is 27.2. The van der Waals surface area contributed by atoms with Gasteiger partial charge in [0.1, 0.15) is 24.7 Å². The summed E-state index contributed by atoms with van der Waals surface area (Å²) in [5, 5.41) is 2.21. The lowest BCUT2D eigenvalue weighted by molar-refractivity contribution is -0.127. The van der Waals surface area contributed by atoms with Crippen molar-refractivity contribution in [3.05, 3.63) is 94.6 Å². The van der Waals surface area contributed by atoms with Crippen LogP contribution in [0.25, 0.3) is 6.08 Å². The van der Waals surface area contributed by atoms with Gasteiger partial charge >= 0.3 is 0 Å². The number of ether oxygens (including phenoxy) is 2. The maximum atomic E-state index is 14.0. The number of anilines is 2. The third kappa shape index (κ3) is 6.47. The van der Waals surface area contributed by atoms with Gasteiger partial charge in [-0.05, 0) is 54.2 Å². The van der Waals surface area contributed by atoms with Crippen LogP contribution in [-0.4, -0.2) is 54.8 Å². The van der Waals surface area contributed by atoms with E-state index in [1.54, 1.807) is 60.7 Å². The smallest absolute Gasteiger partial charge is 0.294 e. The third-order valence-corrected chi connectivity index (χ3v) is 7.16. The number of carbonyl (C=O) groups excluding carboxylic acids is 3. The molecular weight excluding hydrogens is 521 g/mol. The van der Waals surface area contributed by atoms with Crippen LogP contribution >= 0.6 is 11.8 Å². The predicted molar refractivity (Wildman–Crippen MR) is 148 cm³/mol. The molecule has 200 valence electrons. The maximum Gasteiger partial charge on any atom is 0.294 e. The molecule has 0 saturated carbocycles. The molecule has 1 N–H and O–H groups in total. The average molecular weight is 548 g/mol. The lowest BCUT2D eigenvalue weighted by Crippen LogP contribution is -2.36. The van der Waals surface area contributed by atoms with Crippen LogP contribution in [0.3, 0.4) is 0 Å². The first-order chi connectivity index (χ1) is 19.0. The Morgan fingerprint density at radius 2 is 1.72 bits per heavy atom. The first kappa shape index (κ1) is 26.5. The Bertz CT molecular complexity index is 1410. The number of hydrogen-bond donors (Lipinski definition) is 1. The fraction of sp³-hybridized carbons (Fsp3) is 0.207. The lowest BCUT2D eigenvalue weighted by Gasteiger charge is -2.28. The molecule has 2 fully saturated rings. The highest BCUT2D eigenvalue weighted by molar-refractivity contribution is 8.18. The molecule has 3 amide bonds. The van der Waals surface area contributed by atoms with Crippen molar-refractivity contribution < 1.29 is 28.2 Å². The van der Waals surface area contributed by atoms with Crippen LogP contribution < -0.4 is 15.0 Å². The summed E-state index contributed by atoms with van der Waals surface area (Å²) in [5.74, 6) is -0.980. The highest BCUT2D eigenvalue weighted by Gasteiger charge is 2.36. The van der Waals surface area contributed by atoms with Crippen molar-refractivity contribution in [2.75, 3.05) is 43.1 Å². The summed E-state index contributed by atoms with van der Waals surface area (Å²) >= 11 is 0.756. The molecule has 5 rings (SSSR count). The Kier molecular flexibility index (Phi) is 8.24. The Morgan fingerprint density at radius 3 is 2.49 bits per heavy atom. The Balaban J connectivity index is 1.21. The summed E-state index contributed by atoms with van der Waals surface area (Å²) in [6.45, 7) is 2.57. The second kappa shape index (κ2) is 12.1. The second-order valence-electron chi connectivity index (χ2n) is 8.88. The van der Waals surface area contributed by atoms with Gasteiger partial charge in [-0.25, -0.2) is 4.39 Å². The van der Waals surface area contributed by atoms with Crippen molar-refractivity contribution >= 4 is 46.3 Å². The quantitative estimate of drug-likeness (QED) is 0.401. The zero-order valence-electron chi connectivity index (χ0n) is 21.0. The van der Waals surface area contributed by atoms with Crippen LogP contribution in [0, 0.1) is 5.82 Å². The number of benzene rings is 3. The van der Waals surface area contributed by atoms with Gasteiger partial charge in [0.25, 0.3) is 11.1 Å². The van der Waals surface area contributed by atoms with Crippen LogP contribution in [0.1, 0.15) is 11.1 Å². The van der Waals surface area contributed by atoms with Crippen molar-refractivity contribution in [1.29, 1.82) is 0 Å². The molecule has 8 nitrogen and oxygen atoms in total. The highest BCUT2D eigenvalue weighted by atomic mass is 32.2. The topological polar surface area (TPSA) is 88.2 Å². The van der Waals surface area contributed by atoms with Crippen LogP contribution in [-0.2, 0) is 20.9 Å². The van der Waals surface area contributed by atoms with Gasteiger partial charge in [-0.2, -0.15) is 0 Å². The molecule has 0 atom stereocenters. The van der Waals surface area contributed by atoms with Gasteiger partial charge in [-0.3, -0.25) is 19.3 Å². The summed E-state index contributed by atoms with van der Waals surface area (Å²) in [4.78, 5) is 41.5. The van der Waals surface area contributed by atoms with E-state index in [0.717, 1.165) is 35.4 Å². The molecular formula is C29H26FN3O5S. The molecule has 0 bridgehead atoms. The van der Waals surface area contributed by atoms with Crippen LogP contribution in [0.15, 0.2) is 77.7 Å². The number of morpholine rings is 1. The molecule has 39 heavy (non-hydrogen) atoms. The number of amides is 3. The van der Waals surface area contributed by atoms with Gasteiger partial charge in [-0.1, -0.05) is 36.4 Å². The molecule has 2 heterocycles. The molecule has 3 aromatic rings. The molecule has 0 spiro atoms. The van der Waals surface area contributed by atoms with E-state index in [1.807, 2.05) is 12.1 Å². The number of halogens is 1. The van der Waals surface area contributed by atoms with Crippen molar-refractivity contribution in [2.24, 2.45) is 0 Å². The van der Waals surface area contributed by atoms with Gasteiger partial charge in [-0.15, -0.1) is 0 Å². The first-order valence-corrected chi connectivity index (χ1v) is 13.2. The number of nitrogens with zero attached hydrogens (tertiary/aromatic N) is 2. The standard InChI is InChI=1S/C29H26FN3O5S/c30-24-7-3-1-6-21(24)19-38-25-8-4-2-5-20(25)17-26-28(35)33(29(36)39-26)18-27(34)31-22-9-11-23(12-10-22)32-13-15-37-16-14-32/h1-12,17H,13-16,18-19H2,(H,31,34)/b26-17+. The van der Waals surface area contributed by atoms with Gasteiger partial charge in [0.15, 0.2) is 0 Å². The lowest BCUT2D eigenvalue weighted by atomic mass is 10.1. The Labute approximate surface area is 229 Å². The van der Waals surface area contributed by atoms with E-state index in [1.165, 1.54) is 6.07 Å². The molecule has 0 aromatic heterocycles. The van der Waals surface area contributed by atoms with Gasteiger partial charge < -0.3 is 19.7 Å². The molecule has 0 unspecified atom stereocenters. The number of nitrogens with one attached hydrogen (secondary N) is 1. The van der Waals surface area contributed by atoms with Crippen LogP contribution in [0.2, 0.25) is 0 Å². The SMILES string of the molecule is O=C(CN1C(=O)S/C(=C/c2ccccc2OCc2ccccc2F)C1=O)Nc1ccc(N2CCOCC2)cc1. The van der Waals surface area contributed by atoms with E-state index in [9.17, 15) is 18.8 Å². The van der Waals surface area contributed by atoms with Crippen LogP contribution in [0.4, 0.5) is 20.6 Å². The largest absolute Gasteiger partial charge is 0.488 e. The van der Waals surface area contributed by atoms with E-state index in [4.69, 9.17) is 9.47 Å². The van der Waals surface area contributed by atoms with E-state index in [0.29, 0.717) is 35.8 Å². The molecule has 2 aliphatic heterocycles. The fourth-order valence-corrected chi connectivity index (χ4v) is 5.03. The second-order valence-corrected chi connectivity index (χ2v) is 9.87. The van der Waals surface area contributed by atoms with Crippen molar-refractivity contribution in [1.82, 2.24) is 4.90 Å². The van der Waals surface area contributed by atoms with Crippen molar-refractivity contribution in [2.45, 2.75) is 6.61 Å². The van der Waals surface area contributed by atoms with Gasteiger partial charge in [0.2, 0.25) is 5.91 Å². The molecule has 2 saturated heterocycles. The predicted octanol–water partition coefficient (Wildman–Crippen LogP) is 4.92. The van der Waals surface area contributed by atoms with E-state index in [2.05, 4.69) is 10.2 Å². The van der Waals surface area contributed by atoms with Crippen molar-refractivity contribution in [3.63, 3.8) is 0 Å². The highest BCUT2D eigenvalue weighted by Crippen LogP contribution is 2.34. The summed E-state index contributed by atoms with van der Waals surface area (Å²) < 4.78 is 25.2. The average Bonchev–Trinajstić information content (AvgIpc) is 3.21. The summed E-state index contributed by atoms with van der Waals surface area (Å²) in [6.07, 6.45) is 1.55. The van der Waals surface area contributed by atoms with Gasteiger partial charge in [0.05, 0.1) is 18.1 Å². The Hall–Kier alpha value is -4.15. The number of thioether (sulfide) groups is 1. The third-order valence-electron chi connectivity index (χ3n) is 6.25. The van der Waals surface area contributed by atoms with Crippen LogP contribution in [0.5, 0.6) is 5.75 Å². The summed E-state index contributed by atoms with van der Waals surface area (Å²) in [7, 11) is 0. The molecule has 0 radical (unpaired) electrons. The molecule has 3 aromatic carbocycles. The maximum absolute atomic E-state index is 14.0.